The average Bonchev–Trinajstić information content (AvgIpc) is 3.73. The van der Waals surface area contributed by atoms with E-state index < -0.39 is 0 Å². The lowest BCUT2D eigenvalue weighted by Gasteiger charge is -2.15. The summed E-state index contributed by atoms with van der Waals surface area (Å²) in [5, 5.41) is 7.04. The van der Waals surface area contributed by atoms with Gasteiger partial charge in [0.05, 0.1) is 38.8 Å². The number of rotatable bonds is 4. The molecule has 0 N–H and O–H groups in total. The van der Waals surface area contributed by atoms with Crippen LogP contribution in [0.4, 0.5) is 0 Å². The molecule has 6 aromatic carbocycles. The maximum atomic E-state index is 5.38. The van der Waals surface area contributed by atoms with Crippen molar-refractivity contribution in [2.45, 2.75) is 0 Å². The number of hydrogen-bond donors (Lipinski definition) is 0. The zero-order chi connectivity index (χ0) is 34.2. The van der Waals surface area contributed by atoms with Crippen LogP contribution in [0.3, 0.4) is 0 Å². The van der Waals surface area contributed by atoms with Gasteiger partial charge in [0.25, 0.3) is 0 Å². The first-order chi connectivity index (χ1) is 25.8. The van der Waals surface area contributed by atoms with Crippen molar-refractivity contribution < 1.29 is 0 Å². The van der Waals surface area contributed by atoms with Crippen molar-refractivity contribution in [2.24, 2.45) is 0 Å². The number of para-hydroxylation sites is 5. The van der Waals surface area contributed by atoms with E-state index in [1.165, 1.54) is 32.6 Å². The van der Waals surface area contributed by atoms with E-state index in [4.69, 9.17) is 15.0 Å². The van der Waals surface area contributed by atoms with Crippen LogP contribution in [0.25, 0.3) is 99.3 Å². The van der Waals surface area contributed by atoms with Gasteiger partial charge in [-0.05, 0) is 66.2 Å². The third-order valence-corrected chi connectivity index (χ3v) is 10.4. The predicted octanol–water partition coefficient (Wildman–Crippen LogP) is 11.7. The van der Waals surface area contributed by atoms with Gasteiger partial charge in [-0.15, -0.1) is 0 Å². The second-order valence-corrected chi connectivity index (χ2v) is 13.3. The van der Waals surface area contributed by atoms with Gasteiger partial charge in [0.1, 0.15) is 5.82 Å². The number of benzene rings is 6. The Hall–Kier alpha value is -7.11. The molecule has 0 amide bonds. The smallest absolute Gasteiger partial charge is 0.138 e. The quantitative estimate of drug-likeness (QED) is 0.188. The molecule has 11 aromatic rings. The number of pyridine rings is 3. The average molecular weight is 664 g/mol. The minimum absolute atomic E-state index is 0.867. The minimum Gasteiger partial charge on any atom is -0.309 e. The van der Waals surface area contributed by atoms with Crippen LogP contribution in [0.15, 0.2) is 176 Å². The molecule has 0 fully saturated rings. The molecule has 5 heterocycles. The topological polar surface area (TPSA) is 48.5 Å². The molecule has 0 aliphatic heterocycles. The monoisotopic (exact) mass is 663 g/mol. The first kappa shape index (κ1) is 28.7. The van der Waals surface area contributed by atoms with Crippen LogP contribution in [0.1, 0.15) is 0 Å². The first-order valence-corrected chi connectivity index (χ1v) is 17.5. The molecule has 0 bridgehead atoms. The van der Waals surface area contributed by atoms with E-state index in [-0.39, 0.29) is 0 Å². The largest absolute Gasteiger partial charge is 0.309 e. The summed E-state index contributed by atoms with van der Waals surface area (Å²) >= 11 is 0. The second-order valence-electron chi connectivity index (χ2n) is 13.3. The Balaban J connectivity index is 1.17. The highest BCUT2D eigenvalue weighted by Gasteiger charge is 2.18. The Kier molecular flexibility index (Phi) is 6.18. The normalized spacial score (nSPS) is 11.8. The number of aromatic nitrogens is 5. The Morgan fingerprint density at radius 3 is 1.67 bits per heavy atom. The van der Waals surface area contributed by atoms with Gasteiger partial charge in [0.15, 0.2) is 0 Å². The van der Waals surface area contributed by atoms with Crippen molar-refractivity contribution in [1.82, 2.24) is 24.1 Å². The molecule has 52 heavy (non-hydrogen) atoms. The molecule has 0 radical (unpaired) electrons. The Morgan fingerprint density at radius 1 is 0.423 bits per heavy atom. The molecule has 5 heteroatoms. The predicted molar refractivity (Wildman–Crippen MR) is 214 cm³/mol. The lowest BCUT2D eigenvalue weighted by atomic mass is 10.00. The van der Waals surface area contributed by atoms with Gasteiger partial charge in [-0.25, -0.2) is 4.98 Å². The fourth-order valence-electron chi connectivity index (χ4n) is 8.09. The van der Waals surface area contributed by atoms with Gasteiger partial charge < -0.3 is 4.57 Å². The van der Waals surface area contributed by atoms with Crippen molar-refractivity contribution in [2.75, 3.05) is 0 Å². The molecule has 0 atom stereocenters. The summed E-state index contributed by atoms with van der Waals surface area (Å²) in [7, 11) is 0. The Bertz CT molecular complexity index is 3080. The van der Waals surface area contributed by atoms with Crippen LogP contribution in [0.2, 0.25) is 0 Å². The highest BCUT2D eigenvalue weighted by atomic mass is 15.1. The number of fused-ring (bicyclic) bond motifs is 8. The lowest BCUT2D eigenvalue weighted by Crippen LogP contribution is -2.01. The van der Waals surface area contributed by atoms with Crippen LogP contribution in [-0.2, 0) is 0 Å². The van der Waals surface area contributed by atoms with E-state index in [0.717, 1.165) is 66.7 Å². The molecule has 242 valence electrons. The molecule has 0 saturated carbocycles. The zero-order valence-electron chi connectivity index (χ0n) is 28.0. The van der Waals surface area contributed by atoms with E-state index in [1.54, 1.807) is 0 Å². The molecular formula is C47H29N5. The molecule has 11 rings (SSSR count). The fourth-order valence-corrected chi connectivity index (χ4v) is 8.09. The van der Waals surface area contributed by atoms with Gasteiger partial charge in [-0.1, -0.05) is 103 Å². The van der Waals surface area contributed by atoms with Crippen molar-refractivity contribution >= 4 is 65.4 Å². The molecule has 0 aliphatic rings. The fraction of sp³-hybridized carbons (Fsp3) is 0. The van der Waals surface area contributed by atoms with Crippen LogP contribution in [0, 0.1) is 0 Å². The summed E-state index contributed by atoms with van der Waals surface area (Å²) < 4.78 is 4.65. The van der Waals surface area contributed by atoms with E-state index in [9.17, 15) is 0 Å². The van der Waals surface area contributed by atoms with Crippen molar-refractivity contribution in [3.05, 3.63) is 176 Å². The van der Waals surface area contributed by atoms with Crippen molar-refractivity contribution in [3.8, 4) is 33.9 Å². The van der Waals surface area contributed by atoms with Crippen LogP contribution >= 0.6 is 0 Å². The highest BCUT2D eigenvalue weighted by Crippen LogP contribution is 2.38. The van der Waals surface area contributed by atoms with Crippen molar-refractivity contribution in [1.29, 1.82) is 0 Å². The summed E-state index contributed by atoms with van der Waals surface area (Å²) in [6, 6.07) is 57.9. The van der Waals surface area contributed by atoms with Crippen LogP contribution in [0.5, 0.6) is 0 Å². The van der Waals surface area contributed by atoms with E-state index in [2.05, 4.69) is 167 Å². The second kappa shape index (κ2) is 11.2. The third kappa shape index (κ3) is 4.26. The SMILES string of the molecule is c1cnc2c(-c3ccc(-c4cc(-n5c6ccccc6c6ccccc65)nc5ccc(-n6c7ccccc7c7ccccc76)cc45)cn3)cccc2c1. The number of hydrogen-bond acceptors (Lipinski definition) is 3. The third-order valence-electron chi connectivity index (χ3n) is 10.4. The molecule has 0 aliphatic carbocycles. The van der Waals surface area contributed by atoms with Gasteiger partial charge in [-0.2, -0.15) is 0 Å². The maximum Gasteiger partial charge on any atom is 0.138 e. The van der Waals surface area contributed by atoms with Crippen LogP contribution in [-0.4, -0.2) is 24.1 Å². The lowest BCUT2D eigenvalue weighted by molar-refractivity contribution is 1.10. The molecule has 0 unspecified atom stereocenters. The summed E-state index contributed by atoms with van der Waals surface area (Å²) in [6.45, 7) is 0. The molecule has 0 spiro atoms. The first-order valence-electron chi connectivity index (χ1n) is 17.5. The van der Waals surface area contributed by atoms with Gasteiger partial charge in [0.2, 0.25) is 0 Å². The number of nitrogens with zero attached hydrogens (tertiary/aromatic N) is 5. The minimum atomic E-state index is 0.867. The Morgan fingerprint density at radius 2 is 1.04 bits per heavy atom. The molecule has 5 aromatic heterocycles. The molecular weight excluding hydrogens is 635 g/mol. The summed E-state index contributed by atoms with van der Waals surface area (Å²) in [5.41, 5.74) is 11.5. The van der Waals surface area contributed by atoms with E-state index >= 15 is 0 Å². The van der Waals surface area contributed by atoms with Crippen LogP contribution < -0.4 is 0 Å². The molecule has 0 saturated heterocycles. The van der Waals surface area contributed by atoms with Gasteiger partial charge >= 0.3 is 0 Å². The van der Waals surface area contributed by atoms with Crippen molar-refractivity contribution in [3.63, 3.8) is 0 Å². The molecule has 5 nitrogen and oxygen atoms in total. The Labute approximate surface area is 298 Å². The van der Waals surface area contributed by atoms with E-state index in [1.807, 2.05) is 18.5 Å². The van der Waals surface area contributed by atoms with Gasteiger partial charge in [0, 0.05) is 61.5 Å². The standard InChI is InChI=1S/C47H29N5/c1-5-18-42-33(13-1)34-14-2-6-19-43(34)51(42)32-23-25-41-39(27-32)38(31-22-24-40(49-29-31)37-17-9-11-30-12-10-26-48-47(30)37)28-46(50-41)52-44-20-7-3-15-35(44)36-16-4-8-21-45(36)52/h1-29H. The van der Waals surface area contributed by atoms with Gasteiger partial charge in [-0.3, -0.25) is 14.5 Å². The highest BCUT2D eigenvalue weighted by molar-refractivity contribution is 6.11. The summed E-state index contributed by atoms with van der Waals surface area (Å²) in [6.07, 6.45) is 3.84. The maximum absolute atomic E-state index is 5.38. The zero-order valence-corrected chi connectivity index (χ0v) is 28.0. The van der Waals surface area contributed by atoms with E-state index in [0.29, 0.717) is 0 Å². The summed E-state index contributed by atoms with van der Waals surface area (Å²) in [4.78, 5) is 15.1. The summed E-state index contributed by atoms with van der Waals surface area (Å²) in [5.74, 6) is 0.867.